The number of ether oxygens (including phenoxy) is 1. The normalized spacial score (nSPS) is 10.0. The highest BCUT2D eigenvalue weighted by Gasteiger charge is 2.12. The molecule has 3 rings (SSSR count). The van der Waals surface area contributed by atoms with Crippen molar-refractivity contribution in [3.8, 4) is 5.75 Å². The molecule has 0 atom stereocenters. The first-order valence-corrected chi connectivity index (χ1v) is 8.08. The Morgan fingerprint density at radius 3 is 1.81 bits per heavy atom. The Bertz CT molecular complexity index is 909. The van der Waals surface area contributed by atoms with E-state index in [0.29, 0.717) is 28.3 Å². The Kier molecular flexibility index (Phi) is 5.29. The minimum Gasteiger partial charge on any atom is -0.494 e. The zero-order chi connectivity index (χ0) is 18.4. The summed E-state index contributed by atoms with van der Waals surface area (Å²) < 4.78 is 5.34. The van der Waals surface area contributed by atoms with Crippen molar-refractivity contribution in [2.24, 2.45) is 0 Å². The lowest BCUT2D eigenvalue weighted by atomic mass is 10.2. The lowest BCUT2D eigenvalue weighted by Crippen LogP contribution is -2.14. The molecule has 0 saturated heterocycles. The predicted octanol–water partition coefficient (Wildman–Crippen LogP) is 4.20. The largest absolute Gasteiger partial charge is 0.494 e. The fourth-order valence-electron chi connectivity index (χ4n) is 2.45. The Morgan fingerprint density at radius 1 is 0.731 bits per heavy atom. The number of carbonyl (C=O) groups excluding carboxylic acids is 2. The number of benzene rings is 3. The first kappa shape index (κ1) is 17.2. The minimum atomic E-state index is -0.232. The van der Waals surface area contributed by atoms with Crippen molar-refractivity contribution in [3.63, 3.8) is 0 Å². The van der Waals surface area contributed by atoms with Gasteiger partial charge in [0.05, 0.1) is 12.8 Å². The molecule has 0 aliphatic heterocycles. The van der Waals surface area contributed by atoms with Crippen LogP contribution in [0.25, 0.3) is 0 Å². The molecule has 0 radical (unpaired) electrons. The van der Waals surface area contributed by atoms with Crippen LogP contribution in [0, 0.1) is 0 Å². The van der Waals surface area contributed by atoms with Crippen LogP contribution < -0.4 is 15.4 Å². The average Bonchev–Trinajstić information content (AvgIpc) is 2.70. The van der Waals surface area contributed by atoms with E-state index in [1.165, 1.54) is 7.11 Å². The van der Waals surface area contributed by atoms with E-state index in [-0.39, 0.29) is 11.8 Å². The SMILES string of the molecule is COc1cc(NC(=O)c2ccccc2)ccc1NC(=O)c1ccccc1. The van der Waals surface area contributed by atoms with E-state index in [9.17, 15) is 9.59 Å². The van der Waals surface area contributed by atoms with Crippen molar-refractivity contribution in [1.82, 2.24) is 0 Å². The molecule has 2 N–H and O–H groups in total. The van der Waals surface area contributed by atoms with Crippen LogP contribution >= 0.6 is 0 Å². The van der Waals surface area contributed by atoms with Gasteiger partial charge in [-0.1, -0.05) is 36.4 Å². The maximum atomic E-state index is 12.3. The molecule has 2 amide bonds. The maximum Gasteiger partial charge on any atom is 0.255 e. The molecule has 3 aromatic rings. The summed E-state index contributed by atoms with van der Waals surface area (Å²) in [5, 5.41) is 5.63. The molecule has 3 aromatic carbocycles. The summed E-state index contributed by atoms with van der Waals surface area (Å²) in [6.45, 7) is 0. The van der Waals surface area contributed by atoms with Gasteiger partial charge < -0.3 is 15.4 Å². The van der Waals surface area contributed by atoms with Crippen LogP contribution in [0.3, 0.4) is 0 Å². The van der Waals surface area contributed by atoms with E-state index in [2.05, 4.69) is 10.6 Å². The van der Waals surface area contributed by atoms with E-state index >= 15 is 0 Å². The maximum absolute atomic E-state index is 12.3. The van der Waals surface area contributed by atoms with Crippen molar-refractivity contribution in [1.29, 1.82) is 0 Å². The Balaban J connectivity index is 1.75. The molecule has 0 bridgehead atoms. The van der Waals surface area contributed by atoms with Crippen LogP contribution in [0.1, 0.15) is 20.7 Å². The van der Waals surface area contributed by atoms with Gasteiger partial charge in [0.15, 0.2) is 0 Å². The van der Waals surface area contributed by atoms with Crippen molar-refractivity contribution in [3.05, 3.63) is 90.0 Å². The first-order valence-electron chi connectivity index (χ1n) is 8.08. The molecule has 5 nitrogen and oxygen atoms in total. The zero-order valence-corrected chi connectivity index (χ0v) is 14.2. The number of carbonyl (C=O) groups is 2. The number of nitrogens with one attached hydrogen (secondary N) is 2. The smallest absolute Gasteiger partial charge is 0.255 e. The molecule has 0 saturated carbocycles. The second-order valence-electron chi connectivity index (χ2n) is 5.56. The molecule has 5 heteroatoms. The third-order valence-corrected chi connectivity index (χ3v) is 3.78. The zero-order valence-electron chi connectivity index (χ0n) is 14.2. The van der Waals surface area contributed by atoms with Crippen molar-refractivity contribution < 1.29 is 14.3 Å². The molecule has 0 fully saturated rings. The van der Waals surface area contributed by atoms with Gasteiger partial charge in [0.25, 0.3) is 11.8 Å². The molecule has 26 heavy (non-hydrogen) atoms. The number of amides is 2. The molecule has 130 valence electrons. The summed E-state index contributed by atoms with van der Waals surface area (Å²) >= 11 is 0. The van der Waals surface area contributed by atoms with E-state index in [0.717, 1.165) is 0 Å². The highest BCUT2D eigenvalue weighted by molar-refractivity contribution is 6.06. The van der Waals surface area contributed by atoms with Gasteiger partial charge >= 0.3 is 0 Å². The Morgan fingerprint density at radius 2 is 1.27 bits per heavy atom. The third-order valence-electron chi connectivity index (χ3n) is 3.78. The molecular weight excluding hydrogens is 328 g/mol. The molecular formula is C21H18N2O3. The van der Waals surface area contributed by atoms with E-state index < -0.39 is 0 Å². The molecule has 0 spiro atoms. The summed E-state index contributed by atoms with van der Waals surface area (Å²) in [4.78, 5) is 24.5. The number of anilines is 2. The van der Waals surface area contributed by atoms with Crippen LogP contribution in [-0.4, -0.2) is 18.9 Å². The standard InChI is InChI=1S/C21H18N2O3/c1-26-19-14-17(22-20(24)15-8-4-2-5-9-15)12-13-18(19)23-21(25)16-10-6-3-7-11-16/h2-14H,1H3,(H,22,24)(H,23,25). The Hall–Kier alpha value is -3.60. The average molecular weight is 346 g/mol. The molecule has 0 heterocycles. The molecule has 0 aliphatic carbocycles. The quantitative estimate of drug-likeness (QED) is 0.727. The summed E-state index contributed by atoms with van der Waals surface area (Å²) in [6.07, 6.45) is 0. The van der Waals surface area contributed by atoms with Crippen LogP contribution in [0.5, 0.6) is 5.75 Å². The van der Waals surface area contributed by atoms with Gasteiger partial charge in [-0.05, 0) is 36.4 Å². The molecule has 0 unspecified atom stereocenters. The summed E-state index contributed by atoms with van der Waals surface area (Å²) in [5.41, 5.74) is 2.22. The van der Waals surface area contributed by atoms with E-state index in [4.69, 9.17) is 4.74 Å². The third kappa shape index (κ3) is 4.08. The van der Waals surface area contributed by atoms with Crippen LogP contribution in [0.15, 0.2) is 78.9 Å². The minimum absolute atomic E-state index is 0.214. The Labute approximate surface area is 151 Å². The summed E-state index contributed by atoms with van der Waals surface area (Å²) in [5.74, 6) is 0.0128. The van der Waals surface area contributed by atoms with Crippen LogP contribution in [0.2, 0.25) is 0 Å². The van der Waals surface area contributed by atoms with E-state index in [1.807, 2.05) is 12.1 Å². The highest BCUT2D eigenvalue weighted by atomic mass is 16.5. The van der Waals surface area contributed by atoms with Gasteiger partial charge in [0.2, 0.25) is 0 Å². The highest BCUT2D eigenvalue weighted by Crippen LogP contribution is 2.28. The van der Waals surface area contributed by atoms with Crippen molar-refractivity contribution >= 4 is 23.2 Å². The fraction of sp³-hybridized carbons (Fsp3) is 0.0476. The number of hydrogen-bond acceptors (Lipinski definition) is 3. The predicted molar refractivity (Wildman–Crippen MR) is 102 cm³/mol. The monoisotopic (exact) mass is 346 g/mol. The van der Waals surface area contributed by atoms with Gasteiger partial charge in [-0.25, -0.2) is 0 Å². The van der Waals surface area contributed by atoms with Gasteiger partial charge in [-0.2, -0.15) is 0 Å². The number of methoxy groups -OCH3 is 1. The van der Waals surface area contributed by atoms with E-state index in [1.54, 1.807) is 66.7 Å². The van der Waals surface area contributed by atoms with Crippen LogP contribution in [0.4, 0.5) is 11.4 Å². The van der Waals surface area contributed by atoms with Gasteiger partial charge in [-0.3, -0.25) is 9.59 Å². The second-order valence-corrected chi connectivity index (χ2v) is 5.56. The van der Waals surface area contributed by atoms with Crippen molar-refractivity contribution in [2.75, 3.05) is 17.7 Å². The molecule has 0 aliphatic rings. The summed E-state index contributed by atoms with van der Waals surface area (Å²) in [6, 6.07) is 22.9. The van der Waals surface area contributed by atoms with Gasteiger partial charge in [-0.15, -0.1) is 0 Å². The lowest BCUT2D eigenvalue weighted by Gasteiger charge is -2.13. The topological polar surface area (TPSA) is 67.4 Å². The second kappa shape index (κ2) is 7.98. The number of hydrogen-bond donors (Lipinski definition) is 2. The summed E-state index contributed by atoms with van der Waals surface area (Å²) in [7, 11) is 1.51. The lowest BCUT2D eigenvalue weighted by molar-refractivity contribution is 0.101. The van der Waals surface area contributed by atoms with Crippen LogP contribution in [-0.2, 0) is 0 Å². The van der Waals surface area contributed by atoms with Gasteiger partial charge in [0, 0.05) is 22.9 Å². The first-order chi connectivity index (χ1) is 12.7. The van der Waals surface area contributed by atoms with Crippen molar-refractivity contribution in [2.45, 2.75) is 0 Å². The number of rotatable bonds is 5. The fourth-order valence-corrected chi connectivity index (χ4v) is 2.45. The van der Waals surface area contributed by atoms with Gasteiger partial charge in [0.1, 0.15) is 5.75 Å². The molecule has 0 aromatic heterocycles.